The minimum absolute atomic E-state index is 0.612. The van der Waals surface area contributed by atoms with Crippen LogP contribution < -0.4 is 17.2 Å². The molecule has 0 aliphatic heterocycles. The molecule has 0 bridgehead atoms. The average molecular weight is 362 g/mol. The highest BCUT2D eigenvalue weighted by Crippen LogP contribution is 2.22. The molecule has 116 valence electrons. The van der Waals surface area contributed by atoms with Gasteiger partial charge in [0.15, 0.2) is 0 Å². The molecule has 0 radical (unpaired) electrons. The summed E-state index contributed by atoms with van der Waals surface area (Å²) in [6.45, 7) is 1.55. The van der Waals surface area contributed by atoms with E-state index in [1.165, 1.54) is 5.56 Å². The van der Waals surface area contributed by atoms with Gasteiger partial charge in [-0.25, -0.2) is 0 Å². The van der Waals surface area contributed by atoms with Gasteiger partial charge in [0.05, 0.1) is 6.04 Å². The number of hydrogen-bond donors (Lipinski definition) is 3. The number of hydrogen-bond acceptors (Lipinski definition) is 3. The average Bonchev–Trinajstić information content (AvgIpc) is 2.49. The Hall–Kier alpha value is -1.69. The fourth-order valence-corrected chi connectivity index (χ4v) is 2.44. The van der Waals surface area contributed by atoms with E-state index in [1.807, 2.05) is 36.4 Å². The third kappa shape index (κ3) is 3.74. The summed E-state index contributed by atoms with van der Waals surface area (Å²) in [6, 6.07) is 15.3. The van der Waals surface area contributed by atoms with Crippen molar-refractivity contribution in [2.75, 3.05) is 0 Å². The number of carbonyl (C=O) groups excluding carboxylic acids is 1. The third-order valence-corrected chi connectivity index (χ3v) is 4.37. The molecule has 2 aromatic carbocycles. The van der Waals surface area contributed by atoms with Crippen molar-refractivity contribution in [3.8, 4) is 0 Å². The van der Waals surface area contributed by atoms with Gasteiger partial charge in [-0.15, -0.1) is 0 Å². The molecule has 0 heterocycles. The molecule has 0 spiro atoms. The molecule has 6 N–H and O–H groups in total. The summed E-state index contributed by atoms with van der Waals surface area (Å²) in [6.07, 6.45) is 0.832. The van der Waals surface area contributed by atoms with Crippen LogP contribution in [0.15, 0.2) is 53.0 Å². The summed E-state index contributed by atoms with van der Waals surface area (Å²) in [4.78, 5) is 11.4. The molecule has 0 aliphatic carbocycles. The molecule has 5 heteroatoms. The molecule has 2 rings (SSSR count). The lowest BCUT2D eigenvalue weighted by Gasteiger charge is -2.28. The highest BCUT2D eigenvalue weighted by molar-refractivity contribution is 9.10. The Balaban J connectivity index is 2.13. The van der Waals surface area contributed by atoms with Crippen LogP contribution in [0.2, 0.25) is 0 Å². The van der Waals surface area contributed by atoms with Crippen molar-refractivity contribution in [2.24, 2.45) is 17.2 Å². The maximum absolute atomic E-state index is 11.4. The van der Waals surface area contributed by atoms with Crippen molar-refractivity contribution in [2.45, 2.75) is 24.9 Å². The van der Waals surface area contributed by atoms with Gasteiger partial charge in [-0.05, 0) is 42.2 Å². The van der Waals surface area contributed by atoms with Crippen LogP contribution >= 0.6 is 15.9 Å². The van der Waals surface area contributed by atoms with Crippen molar-refractivity contribution in [1.82, 2.24) is 0 Å². The number of amides is 1. The van der Waals surface area contributed by atoms with Crippen LogP contribution in [-0.4, -0.2) is 11.4 Å². The first kappa shape index (κ1) is 16.7. The van der Waals surface area contributed by atoms with Crippen molar-refractivity contribution < 1.29 is 4.79 Å². The monoisotopic (exact) mass is 361 g/mol. The molecule has 0 saturated heterocycles. The summed E-state index contributed by atoms with van der Waals surface area (Å²) < 4.78 is 1.06. The van der Waals surface area contributed by atoms with E-state index in [0.717, 1.165) is 22.0 Å². The van der Waals surface area contributed by atoms with Crippen LogP contribution in [0.25, 0.3) is 0 Å². The van der Waals surface area contributed by atoms with E-state index >= 15 is 0 Å². The molecule has 2 atom stereocenters. The lowest BCUT2D eigenvalue weighted by atomic mass is 9.87. The summed E-state index contributed by atoms with van der Waals surface area (Å²) in [5.41, 5.74) is 19.2. The molecular weight excluding hydrogens is 342 g/mol. The molecule has 2 unspecified atom stereocenters. The highest BCUT2D eigenvalue weighted by Gasteiger charge is 2.34. The van der Waals surface area contributed by atoms with Gasteiger partial charge >= 0.3 is 0 Å². The Morgan fingerprint density at radius 3 is 2.00 bits per heavy atom. The summed E-state index contributed by atoms with van der Waals surface area (Å²) in [5, 5.41) is 0. The Kier molecular flexibility index (Phi) is 5.01. The number of benzene rings is 2. The van der Waals surface area contributed by atoms with E-state index in [4.69, 9.17) is 17.2 Å². The molecule has 22 heavy (non-hydrogen) atoms. The second-order valence-corrected chi connectivity index (χ2v) is 6.59. The molecule has 4 nitrogen and oxygen atoms in total. The summed E-state index contributed by atoms with van der Waals surface area (Å²) >= 11 is 3.42. The van der Waals surface area contributed by atoms with Gasteiger partial charge in [0.2, 0.25) is 5.91 Å². The van der Waals surface area contributed by atoms with E-state index < -0.39 is 17.5 Å². The van der Waals surface area contributed by atoms with Gasteiger partial charge in [0.1, 0.15) is 5.54 Å². The van der Waals surface area contributed by atoms with E-state index in [9.17, 15) is 4.79 Å². The summed E-state index contributed by atoms with van der Waals surface area (Å²) in [5.74, 6) is -0.612. The minimum atomic E-state index is -1.27. The van der Waals surface area contributed by atoms with Crippen molar-refractivity contribution >= 4 is 21.8 Å². The van der Waals surface area contributed by atoms with Gasteiger partial charge in [0.25, 0.3) is 0 Å². The van der Waals surface area contributed by atoms with Crippen LogP contribution in [0, 0.1) is 0 Å². The van der Waals surface area contributed by atoms with E-state index in [-0.39, 0.29) is 0 Å². The maximum atomic E-state index is 11.4. The SMILES string of the molecule is CC(N)(C(N)=O)C(N)c1ccc(Cc2ccc(Br)cc2)cc1. The smallest absolute Gasteiger partial charge is 0.239 e. The fourth-order valence-electron chi connectivity index (χ4n) is 2.18. The first-order chi connectivity index (χ1) is 10.3. The van der Waals surface area contributed by atoms with E-state index in [1.54, 1.807) is 6.92 Å². The van der Waals surface area contributed by atoms with E-state index in [0.29, 0.717) is 0 Å². The van der Waals surface area contributed by atoms with Gasteiger partial charge in [-0.1, -0.05) is 52.3 Å². The molecule has 0 aliphatic rings. The third-order valence-electron chi connectivity index (χ3n) is 3.84. The van der Waals surface area contributed by atoms with Gasteiger partial charge < -0.3 is 17.2 Å². The number of primary amides is 1. The van der Waals surface area contributed by atoms with Crippen LogP contribution in [0.1, 0.15) is 29.7 Å². The Bertz CT molecular complexity index is 651. The standard InChI is InChI=1S/C17H20BrN3O/c1-17(21,16(20)22)15(19)13-6-2-11(3-7-13)10-12-4-8-14(18)9-5-12/h2-9,15H,10,19,21H2,1H3,(H2,20,22). The first-order valence-corrected chi connectivity index (χ1v) is 7.77. The second kappa shape index (κ2) is 6.60. The Morgan fingerprint density at radius 2 is 1.55 bits per heavy atom. The number of rotatable bonds is 5. The lowest BCUT2D eigenvalue weighted by Crippen LogP contribution is -2.56. The van der Waals surface area contributed by atoms with Gasteiger partial charge in [0, 0.05) is 4.47 Å². The quantitative estimate of drug-likeness (QED) is 0.761. The number of nitrogens with two attached hydrogens (primary N) is 3. The van der Waals surface area contributed by atoms with Gasteiger partial charge in [-0.3, -0.25) is 4.79 Å². The zero-order valence-electron chi connectivity index (χ0n) is 12.4. The van der Waals surface area contributed by atoms with Crippen LogP contribution in [-0.2, 0) is 11.2 Å². The zero-order chi connectivity index (χ0) is 16.3. The second-order valence-electron chi connectivity index (χ2n) is 5.67. The molecule has 0 aromatic heterocycles. The fraction of sp³-hybridized carbons (Fsp3) is 0.235. The molecule has 0 fully saturated rings. The van der Waals surface area contributed by atoms with Crippen LogP contribution in [0.3, 0.4) is 0 Å². The highest BCUT2D eigenvalue weighted by atomic mass is 79.9. The Labute approximate surface area is 138 Å². The van der Waals surface area contributed by atoms with Crippen molar-refractivity contribution in [3.63, 3.8) is 0 Å². The lowest BCUT2D eigenvalue weighted by molar-refractivity contribution is -0.123. The predicted molar refractivity (Wildman–Crippen MR) is 92.1 cm³/mol. The van der Waals surface area contributed by atoms with Crippen LogP contribution in [0.5, 0.6) is 0 Å². The van der Waals surface area contributed by atoms with Crippen LogP contribution in [0.4, 0.5) is 0 Å². The topological polar surface area (TPSA) is 95.1 Å². The number of halogens is 1. The first-order valence-electron chi connectivity index (χ1n) is 6.98. The van der Waals surface area contributed by atoms with Gasteiger partial charge in [-0.2, -0.15) is 0 Å². The summed E-state index contributed by atoms with van der Waals surface area (Å²) in [7, 11) is 0. The largest absolute Gasteiger partial charge is 0.368 e. The molecule has 2 aromatic rings. The Morgan fingerprint density at radius 1 is 1.09 bits per heavy atom. The number of carbonyl (C=O) groups is 1. The normalized spacial score (nSPS) is 15.1. The molecule has 0 saturated carbocycles. The predicted octanol–water partition coefficient (Wildman–Crippen LogP) is 2.24. The maximum Gasteiger partial charge on any atom is 0.239 e. The molecule has 1 amide bonds. The van der Waals surface area contributed by atoms with Crippen molar-refractivity contribution in [1.29, 1.82) is 0 Å². The molecular formula is C17H20BrN3O. The van der Waals surface area contributed by atoms with E-state index in [2.05, 4.69) is 28.1 Å². The zero-order valence-corrected chi connectivity index (χ0v) is 14.0. The van der Waals surface area contributed by atoms with Crippen molar-refractivity contribution in [3.05, 3.63) is 69.7 Å². The minimum Gasteiger partial charge on any atom is -0.368 e.